The molecule has 0 atom stereocenters. The normalized spacial score (nSPS) is 13.4. The lowest BCUT2D eigenvalue weighted by Crippen LogP contribution is -2.33. The van der Waals surface area contributed by atoms with Crippen molar-refractivity contribution < 1.29 is 14.4 Å². The topological polar surface area (TPSA) is 78.5 Å². The van der Waals surface area contributed by atoms with Crippen LogP contribution < -0.4 is 15.5 Å². The number of amides is 3. The molecule has 34 heavy (non-hydrogen) atoms. The highest BCUT2D eigenvalue weighted by Crippen LogP contribution is 2.32. The summed E-state index contributed by atoms with van der Waals surface area (Å²) in [6.45, 7) is 3.99. The first-order valence-electron chi connectivity index (χ1n) is 11.1. The molecule has 2 N–H and O–H groups in total. The quantitative estimate of drug-likeness (QED) is 0.444. The predicted molar refractivity (Wildman–Crippen MR) is 135 cm³/mol. The summed E-state index contributed by atoms with van der Waals surface area (Å²) < 4.78 is 0. The summed E-state index contributed by atoms with van der Waals surface area (Å²) in [4.78, 5) is 39.6. The molecular weight excluding hydrogens is 450 g/mol. The van der Waals surface area contributed by atoms with Crippen LogP contribution in [0.2, 0.25) is 0 Å². The van der Waals surface area contributed by atoms with Crippen molar-refractivity contribution in [3.63, 3.8) is 0 Å². The highest BCUT2D eigenvalue weighted by atomic mass is 35.5. The van der Waals surface area contributed by atoms with E-state index in [2.05, 4.69) is 10.6 Å². The van der Waals surface area contributed by atoms with Gasteiger partial charge in [0, 0.05) is 16.9 Å². The number of imide groups is 1. The van der Waals surface area contributed by atoms with E-state index in [4.69, 9.17) is 11.6 Å². The molecule has 3 aromatic carbocycles. The fraction of sp³-hybridized carbons (Fsp3) is 0.148. The Bertz CT molecular complexity index is 1300. The minimum absolute atomic E-state index is 0.00616. The molecule has 0 fully saturated rings. The maximum absolute atomic E-state index is 13.1. The molecule has 0 aromatic heterocycles. The van der Waals surface area contributed by atoms with Crippen molar-refractivity contribution in [1.29, 1.82) is 0 Å². The number of carbonyl (C=O) groups is 3. The van der Waals surface area contributed by atoms with Crippen LogP contribution in [0.3, 0.4) is 0 Å². The van der Waals surface area contributed by atoms with Crippen LogP contribution in [0.15, 0.2) is 83.5 Å². The Hall–Kier alpha value is -3.90. The smallest absolute Gasteiger partial charge is 0.283 e. The Morgan fingerprint density at radius 1 is 0.824 bits per heavy atom. The summed E-state index contributed by atoms with van der Waals surface area (Å²) in [5.74, 6) is -1.33. The van der Waals surface area contributed by atoms with Crippen LogP contribution in [0.1, 0.15) is 35.3 Å². The van der Waals surface area contributed by atoms with E-state index in [0.29, 0.717) is 23.4 Å². The van der Waals surface area contributed by atoms with E-state index in [1.807, 2.05) is 50.2 Å². The second-order valence-corrected chi connectivity index (χ2v) is 8.16. The molecule has 0 radical (unpaired) electrons. The molecule has 172 valence electrons. The average molecular weight is 474 g/mol. The van der Waals surface area contributed by atoms with E-state index in [1.165, 1.54) is 0 Å². The van der Waals surface area contributed by atoms with Gasteiger partial charge in [0.25, 0.3) is 17.7 Å². The van der Waals surface area contributed by atoms with E-state index in [-0.39, 0.29) is 16.6 Å². The number of anilines is 3. The summed E-state index contributed by atoms with van der Waals surface area (Å²) in [6.07, 6.45) is 1.47. The standard InChI is InChI=1S/C27H24ClN3O3/c1-3-17-9-5-7-11-21(17)30-25(32)19-13-15-20(16-14-19)29-24-23(28)26(33)31(27(24)34)22-12-8-6-10-18(22)4-2/h5-16,29H,3-4H2,1-2H3,(H,30,32). The Balaban J connectivity index is 1.50. The van der Waals surface area contributed by atoms with Crippen molar-refractivity contribution in [2.75, 3.05) is 15.5 Å². The maximum atomic E-state index is 13.1. The number of nitrogens with one attached hydrogen (secondary N) is 2. The van der Waals surface area contributed by atoms with E-state index < -0.39 is 11.8 Å². The molecule has 7 heteroatoms. The molecule has 0 saturated heterocycles. The number of para-hydroxylation sites is 2. The summed E-state index contributed by atoms with van der Waals surface area (Å²) in [5, 5.41) is 5.70. The Kier molecular flexibility index (Phi) is 6.80. The number of hydrogen-bond donors (Lipinski definition) is 2. The van der Waals surface area contributed by atoms with Gasteiger partial charge >= 0.3 is 0 Å². The highest BCUT2D eigenvalue weighted by Gasteiger charge is 2.39. The van der Waals surface area contributed by atoms with Crippen LogP contribution in [0.4, 0.5) is 17.1 Å². The van der Waals surface area contributed by atoms with Crippen molar-refractivity contribution in [1.82, 2.24) is 0 Å². The Morgan fingerprint density at radius 3 is 2.12 bits per heavy atom. The summed E-state index contributed by atoms with van der Waals surface area (Å²) in [6, 6.07) is 21.5. The molecule has 3 aromatic rings. The van der Waals surface area contributed by atoms with Crippen LogP contribution in [-0.4, -0.2) is 17.7 Å². The van der Waals surface area contributed by atoms with Gasteiger partial charge in [0.1, 0.15) is 10.7 Å². The molecule has 3 amide bonds. The van der Waals surface area contributed by atoms with Crippen molar-refractivity contribution in [2.45, 2.75) is 26.7 Å². The van der Waals surface area contributed by atoms with E-state index >= 15 is 0 Å². The molecule has 0 bridgehead atoms. The summed E-state index contributed by atoms with van der Waals surface area (Å²) in [7, 11) is 0. The monoisotopic (exact) mass is 473 g/mol. The minimum Gasteiger partial charge on any atom is -0.350 e. The van der Waals surface area contributed by atoms with Crippen molar-refractivity contribution in [2.24, 2.45) is 0 Å². The number of hydrogen-bond acceptors (Lipinski definition) is 4. The van der Waals surface area contributed by atoms with Gasteiger partial charge in [-0.05, 0) is 60.4 Å². The predicted octanol–water partition coefficient (Wildman–Crippen LogP) is 5.50. The highest BCUT2D eigenvalue weighted by molar-refractivity contribution is 6.53. The van der Waals surface area contributed by atoms with Crippen LogP contribution in [0.5, 0.6) is 0 Å². The van der Waals surface area contributed by atoms with Crippen LogP contribution in [-0.2, 0) is 22.4 Å². The van der Waals surface area contributed by atoms with Gasteiger partial charge in [0.15, 0.2) is 0 Å². The molecule has 1 aliphatic heterocycles. The first-order chi connectivity index (χ1) is 16.4. The average Bonchev–Trinajstić information content (AvgIpc) is 3.07. The van der Waals surface area contributed by atoms with Gasteiger partial charge in [-0.15, -0.1) is 0 Å². The van der Waals surface area contributed by atoms with Gasteiger partial charge in [-0.3, -0.25) is 14.4 Å². The van der Waals surface area contributed by atoms with Crippen molar-refractivity contribution in [3.05, 3.63) is 100 Å². The first kappa shape index (κ1) is 23.3. The zero-order valence-corrected chi connectivity index (χ0v) is 19.6. The first-order valence-corrected chi connectivity index (χ1v) is 11.4. The SMILES string of the molecule is CCc1ccccc1NC(=O)c1ccc(NC2=C(Cl)C(=O)N(c3ccccc3CC)C2=O)cc1. The minimum atomic E-state index is -0.569. The molecule has 0 spiro atoms. The van der Waals surface area contributed by atoms with Crippen molar-refractivity contribution in [3.8, 4) is 0 Å². The third kappa shape index (κ3) is 4.45. The Labute approximate surface area is 203 Å². The van der Waals surface area contributed by atoms with Gasteiger partial charge in [0.05, 0.1) is 5.69 Å². The van der Waals surface area contributed by atoms with Crippen LogP contribution in [0, 0.1) is 0 Å². The number of nitrogens with zero attached hydrogens (tertiary/aromatic N) is 1. The number of carbonyl (C=O) groups excluding carboxylic acids is 3. The molecular formula is C27H24ClN3O3. The number of aryl methyl sites for hydroxylation is 2. The largest absolute Gasteiger partial charge is 0.350 e. The molecule has 1 aliphatic rings. The van der Waals surface area contributed by atoms with Gasteiger partial charge < -0.3 is 10.6 Å². The third-order valence-corrected chi connectivity index (χ3v) is 6.05. The van der Waals surface area contributed by atoms with E-state index in [9.17, 15) is 14.4 Å². The molecule has 0 unspecified atom stereocenters. The molecule has 6 nitrogen and oxygen atoms in total. The summed E-state index contributed by atoms with van der Waals surface area (Å²) >= 11 is 6.26. The number of rotatable bonds is 7. The van der Waals surface area contributed by atoms with Gasteiger partial charge in [0.2, 0.25) is 0 Å². The van der Waals surface area contributed by atoms with Crippen LogP contribution >= 0.6 is 11.6 Å². The third-order valence-electron chi connectivity index (χ3n) is 5.70. The van der Waals surface area contributed by atoms with E-state index in [1.54, 1.807) is 36.4 Å². The lowest BCUT2D eigenvalue weighted by Gasteiger charge is -2.18. The number of benzene rings is 3. The second kappa shape index (κ2) is 9.93. The fourth-order valence-electron chi connectivity index (χ4n) is 3.85. The zero-order valence-electron chi connectivity index (χ0n) is 18.9. The van der Waals surface area contributed by atoms with Gasteiger partial charge in [-0.1, -0.05) is 61.8 Å². The zero-order chi connectivity index (χ0) is 24.2. The van der Waals surface area contributed by atoms with Gasteiger partial charge in [-0.2, -0.15) is 0 Å². The lowest BCUT2D eigenvalue weighted by molar-refractivity contribution is -0.120. The Morgan fingerprint density at radius 2 is 1.44 bits per heavy atom. The molecule has 0 saturated carbocycles. The number of halogens is 1. The molecule has 1 heterocycles. The lowest BCUT2D eigenvalue weighted by atomic mass is 10.1. The maximum Gasteiger partial charge on any atom is 0.283 e. The summed E-state index contributed by atoms with van der Waals surface area (Å²) in [5.41, 5.74) is 4.22. The van der Waals surface area contributed by atoms with E-state index in [0.717, 1.165) is 28.1 Å². The van der Waals surface area contributed by atoms with Crippen LogP contribution in [0.25, 0.3) is 0 Å². The molecule has 0 aliphatic carbocycles. The fourth-order valence-corrected chi connectivity index (χ4v) is 4.06. The van der Waals surface area contributed by atoms with Crippen molar-refractivity contribution >= 4 is 46.4 Å². The van der Waals surface area contributed by atoms with Gasteiger partial charge in [-0.25, -0.2) is 4.90 Å². The second-order valence-electron chi connectivity index (χ2n) is 7.78. The molecule has 4 rings (SSSR count).